The maximum atomic E-state index is 11.9. The first-order chi connectivity index (χ1) is 7.33. The molecule has 2 aromatic rings. The molecule has 0 aliphatic rings. The first kappa shape index (κ1) is 9.65. The standard InChI is InChI=1S/C12H11NO2/c14-9-3-7-13-8-6-10-4-1-2-5-11(10)12(13)15/h1-2,4-6,8-9H,3,7H2. The molecule has 3 nitrogen and oxygen atoms in total. The molecule has 0 aliphatic heterocycles. The number of benzene rings is 1. The van der Waals surface area contributed by atoms with Gasteiger partial charge in [-0.15, -0.1) is 0 Å². The topological polar surface area (TPSA) is 39.1 Å². The van der Waals surface area contributed by atoms with Crippen LogP contribution in [0.4, 0.5) is 0 Å². The van der Waals surface area contributed by atoms with Crippen LogP contribution in [0.3, 0.4) is 0 Å². The highest BCUT2D eigenvalue weighted by molar-refractivity contribution is 5.81. The minimum absolute atomic E-state index is 0.0325. The van der Waals surface area contributed by atoms with E-state index in [-0.39, 0.29) is 5.56 Å². The first-order valence-corrected chi connectivity index (χ1v) is 4.85. The van der Waals surface area contributed by atoms with Gasteiger partial charge in [0, 0.05) is 24.5 Å². The van der Waals surface area contributed by atoms with Crippen molar-refractivity contribution >= 4 is 17.1 Å². The minimum Gasteiger partial charge on any atom is -0.315 e. The molecule has 0 bridgehead atoms. The largest absolute Gasteiger partial charge is 0.315 e. The van der Waals surface area contributed by atoms with E-state index >= 15 is 0 Å². The van der Waals surface area contributed by atoms with Crippen molar-refractivity contribution in [2.45, 2.75) is 13.0 Å². The molecule has 0 fully saturated rings. The van der Waals surface area contributed by atoms with Crippen molar-refractivity contribution in [2.75, 3.05) is 0 Å². The fourth-order valence-corrected chi connectivity index (χ4v) is 1.60. The van der Waals surface area contributed by atoms with E-state index < -0.39 is 0 Å². The molecule has 0 amide bonds. The van der Waals surface area contributed by atoms with Crippen molar-refractivity contribution in [1.29, 1.82) is 0 Å². The second kappa shape index (κ2) is 4.09. The molecule has 0 atom stereocenters. The summed E-state index contributed by atoms with van der Waals surface area (Å²) in [6.07, 6.45) is 2.92. The van der Waals surface area contributed by atoms with Crippen LogP contribution < -0.4 is 5.56 Å². The molecule has 0 N–H and O–H groups in total. The molecule has 1 aromatic carbocycles. The van der Waals surface area contributed by atoms with Gasteiger partial charge in [-0.1, -0.05) is 18.2 Å². The normalized spacial score (nSPS) is 10.4. The van der Waals surface area contributed by atoms with Crippen molar-refractivity contribution in [2.24, 2.45) is 0 Å². The summed E-state index contributed by atoms with van der Waals surface area (Å²) < 4.78 is 1.57. The number of nitrogens with zero attached hydrogens (tertiary/aromatic N) is 1. The van der Waals surface area contributed by atoms with Gasteiger partial charge in [0.05, 0.1) is 0 Å². The minimum atomic E-state index is -0.0325. The highest BCUT2D eigenvalue weighted by Gasteiger charge is 2.00. The number of carbonyl (C=O) groups is 1. The van der Waals surface area contributed by atoms with Gasteiger partial charge in [0.1, 0.15) is 6.29 Å². The van der Waals surface area contributed by atoms with E-state index in [1.54, 1.807) is 16.8 Å². The monoisotopic (exact) mass is 201 g/mol. The number of fused-ring (bicyclic) bond motifs is 1. The second-order valence-corrected chi connectivity index (χ2v) is 3.36. The van der Waals surface area contributed by atoms with Crippen LogP contribution >= 0.6 is 0 Å². The molecule has 2 rings (SSSR count). The van der Waals surface area contributed by atoms with Crippen molar-refractivity contribution in [3.05, 3.63) is 46.9 Å². The Bertz CT molecular complexity index is 543. The molecule has 0 radical (unpaired) electrons. The fourth-order valence-electron chi connectivity index (χ4n) is 1.60. The van der Waals surface area contributed by atoms with Crippen molar-refractivity contribution < 1.29 is 4.79 Å². The van der Waals surface area contributed by atoms with E-state index in [1.165, 1.54) is 0 Å². The van der Waals surface area contributed by atoms with Gasteiger partial charge in [0.2, 0.25) is 0 Å². The van der Waals surface area contributed by atoms with Crippen molar-refractivity contribution in [3.8, 4) is 0 Å². The Labute approximate surface area is 87.0 Å². The zero-order valence-electron chi connectivity index (χ0n) is 8.22. The van der Waals surface area contributed by atoms with Gasteiger partial charge in [0.15, 0.2) is 0 Å². The SMILES string of the molecule is O=CCCn1ccc2ccccc2c1=O. The zero-order chi connectivity index (χ0) is 10.7. The van der Waals surface area contributed by atoms with Crippen LogP contribution in [-0.4, -0.2) is 10.9 Å². The number of rotatable bonds is 3. The Morgan fingerprint density at radius 2 is 2.00 bits per heavy atom. The summed E-state index contributed by atoms with van der Waals surface area (Å²) in [7, 11) is 0. The highest BCUT2D eigenvalue weighted by atomic mass is 16.1. The van der Waals surface area contributed by atoms with Gasteiger partial charge in [0.25, 0.3) is 5.56 Å². The quantitative estimate of drug-likeness (QED) is 0.707. The lowest BCUT2D eigenvalue weighted by atomic mass is 10.2. The summed E-state index contributed by atoms with van der Waals surface area (Å²) in [5, 5.41) is 1.63. The van der Waals surface area contributed by atoms with Crippen LogP contribution in [0.25, 0.3) is 10.8 Å². The van der Waals surface area contributed by atoms with E-state index in [4.69, 9.17) is 0 Å². The molecule has 0 spiro atoms. The lowest BCUT2D eigenvalue weighted by Crippen LogP contribution is -2.19. The summed E-state index contributed by atoms with van der Waals surface area (Å²) in [5.74, 6) is 0. The molecule has 0 unspecified atom stereocenters. The number of hydrogen-bond acceptors (Lipinski definition) is 2. The molecule has 1 aromatic heterocycles. The summed E-state index contributed by atoms with van der Waals surface area (Å²) >= 11 is 0. The molecule has 3 heteroatoms. The maximum absolute atomic E-state index is 11.9. The Morgan fingerprint density at radius 1 is 1.20 bits per heavy atom. The fraction of sp³-hybridized carbons (Fsp3) is 0.167. The highest BCUT2D eigenvalue weighted by Crippen LogP contribution is 2.07. The predicted molar refractivity (Wildman–Crippen MR) is 58.9 cm³/mol. The van der Waals surface area contributed by atoms with Crippen LogP contribution in [0.2, 0.25) is 0 Å². The van der Waals surface area contributed by atoms with Crippen LogP contribution in [0.5, 0.6) is 0 Å². The van der Waals surface area contributed by atoms with Gasteiger partial charge >= 0.3 is 0 Å². The Morgan fingerprint density at radius 3 is 2.80 bits per heavy atom. The van der Waals surface area contributed by atoms with Gasteiger partial charge in [-0.2, -0.15) is 0 Å². The van der Waals surface area contributed by atoms with E-state index in [9.17, 15) is 9.59 Å². The second-order valence-electron chi connectivity index (χ2n) is 3.36. The van der Waals surface area contributed by atoms with Crippen molar-refractivity contribution in [3.63, 3.8) is 0 Å². The summed E-state index contributed by atoms with van der Waals surface area (Å²) in [4.78, 5) is 22.1. The van der Waals surface area contributed by atoms with E-state index in [2.05, 4.69) is 0 Å². The summed E-state index contributed by atoms with van der Waals surface area (Å²) in [6, 6.07) is 9.34. The Hall–Kier alpha value is -1.90. The predicted octanol–water partition coefficient (Wildman–Crippen LogP) is 1.59. The third-order valence-electron chi connectivity index (χ3n) is 2.37. The summed E-state index contributed by atoms with van der Waals surface area (Å²) in [6.45, 7) is 0.452. The van der Waals surface area contributed by atoms with Crippen LogP contribution in [0, 0.1) is 0 Å². The third-order valence-corrected chi connectivity index (χ3v) is 2.37. The van der Waals surface area contributed by atoms with Crippen LogP contribution in [0.1, 0.15) is 6.42 Å². The average Bonchev–Trinajstić information content (AvgIpc) is 2.29. The third kappa shape index (κ3) is 1.81. The Balaban J connectivity index is 2.55. The number of hydrogen-bond donors (Lipinski definition) is 0. The molecular formula is C12H11NO2. The van der Waals surface area contributed by atoms with Gasteiger partial charge in [-0.05, 0) is 17.5 Å². The smallest absolute Gasteiger partial charge is 0.258 e. The molecule has 0 saturated carbocycles. The number of aryl methyl sites for hydroxylation is 1. The molecular weight excluding hydrogens is 190 g/mol. The van der Waals surface area contributed by atoms with Gasteiger partial charge in [-0.3, -0.25) is 4.79 Å². The van der Waals surface area contributed by atoms with E-state index in [0.717, 1.165) is 11.7 Å². The average molecular weight is 201 g/mol. The Kier molecular flexibility index (Phi) is 2.63. The lowest BCUT2D eigenvalue weighted by Gasteiger charge is -2.04. The molecule has 15 heavy (non-hydrogen) atoms. The number of pyridine rings is 1. The first-order valence-electron chi connectivity index (χ1n) is 4.85. The summed E-state index contributed by atoms with van der Waals surface area (Å²) in [5.41, 5.74) is -0.0325. The molecule has 76 valence electrons. The van der Waals surface area contributed by atoms with Gasteiger partial charge in [-0.25, -0.2) is 0 Å². The number of aldehydes is 1. The number of carbonyl (C=O) groups excluding carboxylic acids is 1. The van der Waals surface area contributed by atoms with Crippen molar-refractivity contribution in [1.82, 2.24) is 4.57 Å². The van der Waals surface area contributed by atoms with Gasteiger partial charge < -0.3 is 9.36 Å². The zero-order valence-corrected chi connectivity index (χ0v) is 8.22. The molecule has 1 heterocycles. The lowest BCUT2D eigenvalue weighted by molar-refractivity contribution is -0.108. The molecule has 0 aliphatic carbocycles. The van der Waals surface area contributed by atoms with Crippen LogP contribution in [-0.2, 0) is 11.3 Å². The van der Waals surface area contributed by atoms with Crippen LogP contribution in [0.15, 0.2) is 41.3 Å². The molecule has 0 saturated heterocycles. The number of aromatic nitrogens is 1. The maximum Gasteiger partial charge on any atom is 0.258 e. The van der Waals surface area contributed by atoms with E-state index in [1.807, 2.05) is 24.3 Å². The van der Waals surface area contributed by atoms with E-state index in [0.29, 0.717) is 18.4 Å².